The smallest absolute Gasteiger partial charge is 0.295 e. The number of benzene rings is 3. The van der Waals surface area contributed by atoms with Crippen LogP contribution in [-0.2, 0) is 0 Å². The summed E-state index contributed by atoms with van der Waals surface area (Å²) in [7, 11) is 0. The van der Waals surface area contributed by atoms with Crippen LogP contribution >= 0.6 is 27.5 Å². The zero-order valence-electron chi connectivity index (χ0n) is 15.4. The fourth-order valence-electron chi connectivity index (χ4n) is 2.90. The van der Waals surface area contributed by atoms with E-state index in [-0.39, 0.29) is 5.82 Å². The third kappa shape index (κ3) is 4.09. The first kappa shape index (κ1) is 19.4. The van der Waals surface area contributed by atoms with Gasteiger partial charge in [0.2, 0.25) is 5.82 Å². The number of halogens is 2. The van der Waals surface area contributed by atoms with Gasteiger partial charge in [0.1, 0.15) is 0 Å². The molecule has 0 saturated carbocycles. The number of anilines is 1. The summed E-state index contributed by atoms with van der Waals surface area (Å²) < 4.78 is 2.62. The quantitative estimate of drug-likeness (QED) is 0.406. The molecule has 0 aliphatic rings. The normalized spacial score (nSPS) is 10.7. The summed E-state index contributed by atoms with van der Waals surface area (Å²) in [5.41, 5.74) is 3.07. The van der Waals surface area contributed by atoms with Crippen molar-refractivity contribution in [3.8, 4) is 17.1 Å². The lowest BCUT2D eigenvalue weighted by molar-refractivity contribution is 0.101. The Bertz CT molecular complexity index is 1150. The molecule has 0 spiro atoms. The third-order valence-corrected chi connectivity index (χ3v) is 5.22. The molecule has 3 aromatic carbocycles. The van der Waals surface area contributed by atoms with Gasteiger partial charge >= 0.3 is 0 Å². The van der Waals surface area contributed by atoms with Crippen molar-refractivity contribution in [1.82, 2.24) is 14.8 Å². The Kier molecular flexibility index (Phi) is 5.47. The highest BCUT2D eigenvalue weighted by molar-refractivity contribution is 9.10. The number of carbonyl (C=O) groups excluding carboxylic acids is 1. The van der Waals surface area contributed by atoms with Crippen molar-refractivity contribution in [3.63, 3.8) is 0 Å². The second kappa shape index (κ2) is 8.19. The number of nitrogens with zero attached hydrogens (tertiary/aromatic N) is 3. The summed E-state index contributed by atoms with van der Waals surface area (Å²) >= 11 is 9.68. The number of para-hydroxylation sites is 2. The highest BCUT2D eigenvalue weighted by atomic mass is 79.9. The minimum Gasteiger partial charge on any atom is -0.318 e. The lowest BCUT2D eigenvalue weighted by Gasteiger charge is -2.08. The number of hydrogen-bond donors (Lipinski definition) is 1. The molecule has 1 N–H and O–H groups in total. The van der Waals surface area contributed by atoms with E-state index in [0.29, 0.717) is 16.5 Å². The van der Waals surface area contributed by atoms with Gasteiger partial charge in [-0.15, -0.1) is 5.10 Å². The molecular formula is C22H16BrClN4O. The summed E-state index contributed by atoms with van der Waals surface area (Å²) in [6, 6.07) is 22.7. The molecule has 0 unspecified atom stereocenters. The van der Waals surface area contributed by atoms with Gasteiger partial charge < -0.3 is 5.32 Å². The molecule has 0 aliphatic heterocycles. The molecule has 0 aliphatic carbocycles. The molecule has 0 saturated heterocycles. The predicted molar refractivity (Wildman–Crippen MR) is 119 cm³/mol. The average molecular weight is 468 g/mol. The molecule has 0 atom stereocenters. The van der Waals surface area contributed by atoms with Gasteiger partial charge in [0.15, 0.2) is 5.82 Å². The molecule has 5 nitrogen and oxygen atoms in total. The highest BCUT2D eigenvalue weighted by Gasteiger charge is 2.20. The van der Waals surface area contributed by atoms with E-state index in [1.165, 1.54) is 0 Å². The van der Waals surface area contributed by atoms with Crippen molar-refractivity contribution in [2.24, 2.45) is 0 Å². The van der Waals surface area contributed by atoms with Gasteiger partial charge in [0.05, 0.1) is 16.4 Å². The van der Waals surface area contributed by atoms with E-state index in [2.05, 4.69) is 31.3 Å². The Labute approximate surface area is 181 Å². The molecular weight excluding hydrogens is 452 g/mol. The summed E-state index contributed by atoms with van der Waals surface area (Å²) in [6.45, 7) is 1.88. The molecule has 29 heavy (non-hydrogen) atoms. The van der Waals surface area contributed by atoms with Crippen LogP contribution in [0, 0.1) is 6.92 Å². The Hall–Kier alpha value is -2.96. The Morgan fingerprint density at radius 3 is 2.41 bits per heavy atom. The number of rotatable bonds is 4. The van der Waals surface area contributed by atoms with Crippen molar-refractivity contribution in [2.45, 2.75) is 6.92 Å². The lowest BCUT2D eigenvalue weighted by Crippen LogP contribution is -2.15. The monoisotopic (exact) mass is 466 g/mol. The number of hydrogen-bond acceptors (Lipinski definition) is 3. The van der Waals surface area contributed by atoms with E-state index in [0.717, 1.165) is 21.3 Å². The van der Waals surface area contributed by atoms with Crippen LogP contribution in [0.5, 0.6) is 0 Å². The van der Waals surface area contributed by atoms with Crippen LogP contribution in [-0.4, -0.2) is 20.7 Å². The molecule has 1 heterocycles. The van der Waals surface area contributed by atoms with Crippen molar-refractivity contribution in [3.05, 3.63) is 93.7 Å². The van der Waals surface area contributed by atoms with E-state index in [1.807, 2.05) is 73.7 Å². The molecule has 144 valence electrons. The summed E-state index contributed by atoms with van der Waals surface area (Å²) in [5, 5.41) is 7.77. The molecule has 4 aromatic rings. The van der Waals surface area contributed by atoms with Gasteiger partial charge in [-0.25, -0.2) is 9.67 Å². The minimum atomic E-state index is -0.422. The van der Waals surface area contributed by atoms with E-state index < -0.39 is 5.91 Å². The molecule has 4 rings (SSSR count). The van der Waals surface area contributed by atoms with Gasteiger partial charge in [-0.05, 0) is 42.8 Å². The Morgan fingerprint density at radius 1 is 1.00 bits per heavy atom. The number of aryl methyl sites for hydroxylation is 1. The van der Waals surface area contributed by atoms with Crippen LogP contribution in [0.2, 0.25) is 5.02 Å². The molecule has 7 heteroatoms. The van der Waals surface area contributed by atoms with Crippen LogP contribution in [0.3, 0.4) is 0 Å². The number of amides is 1. The van der Waals surface area contributed by atoms with Crippen LogP contribution in [0.15, 0.2) is 77.3 Å². The lowest BCUT2D eigenvalue weighted by atomic mass is 10.2. The summed E-state index contributed by atoms with van der Waals surface area (Å²) in [4.78, 5) is 17.4. The van der Waals surface area contributed by atoms with Crippen LogP contribution in [0.4, 0.5) is 5.69 Å². The summed E-state index contributed by atoms with van der Waals surface area (Å²) in [5.74, 6) is 0.213. The standard InChI is InChI=1S/C22H16BrClN4O/c1-14-6-5-9-18(24)19(14)25-22(29)20-26-21(15-10-12-16(23)13-11-15)28(27-20)17-7-3-2-4-8-17/h2-13H,1H3,(H,25,29). The largest absolute Gasteiger partial charge is 0.318 e. The van der Waals surface area contributed by atoms with Gasteiger partial charge in [-0.3, -0.25) is 4.79 Å². The van der Waals surface area contributed by atoms with Crippen molar-refractivity contribution >= 4 is 39.1 Å². The van der Waals surface area contributed by atoms with Crippen LogP contribution < -0.4 is 5.32 Å². The molecule has 0 radical (unpaired) electrons. The highest BCUT2D eigenvalue weighted by Crippen LogP contribution is 2.27. The van der Waals surface area contributed by atoms with E-state index in [1.54, 1.807) is 10.7 Å². The zero-order valence-corrected chi connectivity index (χ0v) is 17.8. The third-order valence-electron chi connectivity index (χ3n) is 4.37. The van der Waals surface area contributed by atoms with Gasteiger partial charge in [0, 0.05) is 10.0 Å². The second-order valence-corrected chi connectivity index (χ2v) is 7.72. The van der Waals surface area contributed by atoms with Crippen LogP contribution in [0.1, 0.15) is 16.2 Å². The van der Waals surface area contributed by atoms with Gasteiger partial charge in [-0.2, -0.15) is 0 Å². The number of carbonyl (C=O) groups is 1. The van der Waals surface area contributed by atoms with Crippen molar-refractivity contribution < 1.29 is 4.79 Å². The molecule has 1 aromatic heterocycles. The van der Waals surface area contributed by atoms with Crippen molar-refractivity contribution in [1.29, 1.82) is 0 Å². The zero-order chi connectivity index (χ0) is 20.4. The second-order valence-electron chi connectivity index (χ2n) is 6.40. The Balaban J connectivity index is 1.77. The first-order chi connectivity index (χ1) is 14.0. The topological polar surface area (TPSA) is 59.8 Å². The maximum Gasteiger partial charge on any atom is 0.295 e. The average Bonchev–Trinajstić information content (AvgIpc) is 3.17. The van der Waals surface area contributed by atoms with Crippen LogP contribution in [0.25, 0.3) is 17.1 Å². The number of nitrogens with one attached hydrogen (secondary N) is 1. The first-order valence-corrected chi connectivity index (χ1v) is 10.0. The minimum absolute atomic E-state index is 0.0612. The number of aromatic nitrogens is 3. The first-order valence-electron chi connectivity index (χ1n) is 8.88. The van der Waals surface area contributed by atoms with Crippen molar-refractivity contribution in [2.75, 3.05) is 5.32 Å². The van der Waals surface area contributed by atoms with E-state index in [9.17, 15) is 4.79 Å². The fraction of sp³-hybridized carbons (Fsp3) is 0.0455. The maximum atomic E-state index is 12.9. The van der Waals surface area contributed by atoms with E-state index >= 15 is 0 Å². The Morgan fingerprint density at radius 2 is 1.72 bits per heavy atom. The molecule has 0 bridgehead atoms. The van der Waals surface area contributed by atoms with Gasteiger partial charge in [-0.1, -0.05) is 70.0 Å². The van der Waals surface area contributed by atoms with Gasteiger partial charge in [0.25, 0.3) is 5.91 Å². The van der Waals surface area contributed by atoms with E-state index in [4.69, 9.17) is 11.6 Å². The fourth-order valence-corrected chi connectivity index (χ4v) is 3.44. The summed E-state index contributed by atoms with van der Waals surface area (Å²) in [6.07, 6.45) is 0. The molecule has 0 fully saturated rings. The maximum absolute atomic E-state index is 12.9. The SMILES string of the molecule is Cc1cccc(Cl)c1NC(=O)c1nc(-c2ccc(Br)cc2)n(-c2ccccc2)n1. The molecule has 1 amide bonds. The predicted octanol–water partition coefficient (Wildman–Crippen LogP) is 5.91.